The number of fused-ring (bicyclic) bond motifs is 1. The Hall–Kier alpha value is -3.17. The molecule has 0 aromatic carbocycles. The van der Waals surface area contributed by atoms with Gasteiger partial charge in [-0.25, -0.2) is 9.50 Å². The summed E-state index contributed by atoms with van der Waals surface area (Å²) in [7, 11) is 0. The van der Waals surface area contributed by atoms with Crippen LogP contribution in [0, 0.1) is 0 Å². The first-order chi connectivity index (χ1) is 12.4. The zero-order valence-corrected chi connectivity index (χ0v) is 13.4. The molecular formula is C16H13F3N6O. The van der Waals surface area contributed by atoms with E-state index < -0.39 is 11.9 Å². The topological polar surface area (TPSA) is 66.6 Å². The van der Waals surface area contributed by atoms with Gasteiger partial charge in [0.1, 0.15) is 11.2 Å². The Morgan fingerprint density at radius 3 is 2.65 bits per heavy atom. The molecule has 0 spiro atoms. The average Bonchev–Trinajstić information content (AvgIpc) is 3.09. The van der Waals surface area contributed by atoms with E-state index >= 15 is 0 Å². The van der Waals surface area contributed by atoms with E-state index in [0.717, 1.165) is 17.8 Å². The number of hydrogen-bond acceptors (Lipinski definition) is 5. The van der Waals surface area contributed by atoms with Crippen molar-refractivity contribution in [3.8, 4) is 0 Å². The number of piperazine rings is 1. The highest BCUT2D eigenvalue weighted by Crippen LogP contribution is 2.30. The normalized spacial score (nSPS) is 15.7. The molecule has 1 aliphatic heterocycles. The third-order valence-electron chi connectivity index (χ3n) is 4.17. The van der Waals surface area contributed by atoms with Crippen molar-refractivity contribution in [2.75, 3.05) is 29.4 Å². The van der Waals surface area contributed by atoms with Crippen LogP contribution in [0.15, 0.2) is 43.0 Å². The molecule has 10 heteroatoms. The quantitative estimate of drug-likeness (QED) is 0.698. The summed E-state index contributed by atoms with van der Waals surface area (Å²) in [6, 6.07) is 4.08. The van der Waals surface area contributed by atoms with Gasteiger partial charge in [-0.1, -0.05) is 0 Å². The van der Waals surface area contributed by atoms with Crippen molar-refractivity contribution in [2.24, 2.45) is 0 Å². The first kappa shape index (κ1) is 16.3. The number of hydrogen-bond donors (Lipinski definition) is 0. The molecule has 0 radical (unpaired) electrons. The number of anilines is 2. The van der Waals surface area contributed by atoms with Gasteiger partial charge in [0.15, 0.2) is 5.82 Å². The number of halogens is 3. The summed E-state index contributed by atoms with van der Waals surface area (Å²) in [5, 5.41) is 4.13. The highest BCUT2D eigenvalue weighted by molar-refractivity contribution is 5.98. The Morgan fingerprint density at radius 1 is 1.04 bits per heavy atom. The van der Waals surface area contributed by atoms with E-state index in [2.05, 4.69) is 15.1 Å². The number of rotatable bonds is 2. The van der Waals surface area contributed by atoms with Crippen LogP contribution in [0.5, 0.6) is 0 Å². The van der Waals surface area contributed by atoms with Crippen molar-refractivity contribution >= 4 is 22.9 Å². The van der Waals surface area contributed by atoms with Crippen molar-refractivity contribution in [3.05, 3.63) is 48.7 Å². The number of aromatic nitrogens is 4. The first-order valence-electron chi connectivity index (χ1n) is 7.80. The summed E-state index contributed by atoms with van der Waals surface area (Å²) in [5.41, 5.74) is -0.0690. The molecule has 0 saturated carbocycles. The Morgan fingerprint density at radius 2 is 1.88 bits per heavy atom. The van der Waals surface area contributed by atoms with E-state index in [1.807, 2.05) is 0 Å². The van der Waals surface area contributed by atoms with Gasteiger partial charge >= 0.3 is 6.18 Å². The van der Waals surface area contributed by atoms with Crippen LogP contribution in [0.2, 0.25) is 0 Å². The summed E-state index contributed by atoms with van der Waals surface area (Å²) in [6.45, 7) is 0.700. The lowest BCUT2D eigenvalue weighted by molar-refractivity contribution is -0.141. The Labute approximate surface area is 145 Å². The molecule has 0 bridgehead atoms. The zero-order valence-electron chi connectivity index (χ0n) is 13.4. The molecule has 26 heavy (non-hydrogen) atoms. The van der Waals surface area contributed by atoms with Crippen LogP contribution in [0.1, 0.15) is 5.69 Å². The lowest BCUT2D eigenvalue weighted by Gasteiger charge is -2.35. The minimum absolute atomic E-state index is 0.0154. The number of alkyl halides is 3. The molecule has 3 aromatic rings. The predicted octanol–water partition coefficient (Wildman–Crippen LogP) is 2.00. The number of carbonyl (C=O) groups is 1. The van der Waals surface area contributed by atoms with Crippen molar-refractivity contribution in [1.29, 1.82) is 0 Å². The van der Waals surface area contributed by atoms with Gasteiger partial charge < -0.3 is 9.80 Å². The Kier molecular flexibility index (Phi) is 3.74. The molecule has 0 unspecified atom stereocenters. The number of nitrogens with zero attached hydrogens (tertiary/aromatic N) is 6. The second kappa shape index (κ2) is 5.97. The van der Waals surface area contributed by atoms with Crippen LogP contribution in [-0.4, -0.2) is 45.1 Å². The van der Waals surface area contributed by atoms with Gasteiger partial charge in [-0.2, -0.15) is 18.3 Å². The van der Waals surface area contributed by atoms with Crippen molar-refractivity contribution in [1.82, 2.24) is 19.6 Å². The van der Waals surface area contributed by atoms with E-state index in [4.69, 9.17) is 0 Å². The van der Waals surface area contributed by atoms with E-state index in [-0.39, 0.29) is 24.7 Å². The molecule has 1 saturated heterocycles. The summed E-state index contributed by atoms with van der Waals surface area (Å²) >= 11 is 0. The van der Waals surface area contributed by atoms with Gasteiger partial charge in [0, 0.05) is 37.4 Å². The molecule has 0 atom stereocenters. The third kappa shape index (κ3) is 2.83. The molecule has 134 valence electrons. The maximum Gasteiger partial charge on any atom is 0.433 e. The SMILES string of the molecule is O=C1CN(c2nccn3nccc23)CCN1c1ccnc(C(F)(F)F)c1. The molecule has 1 aliphatic rings. The predicted molar refractivity (Wildman–Crippen MR) is 86.8 cm³/mol. The number of carbonyl (C=O) groups excluding carboxylic acids is 1. The maximum absolute atomic E-state index is 12.8. The van der Waals surface area contributed by atoms with Crippen LogP contribution < -0.4 is 9.80 Å². The zero-order chi connectivity index (χ0) is 18.3. The molecule has 0 aliphatic carbocycles. The molecule has 3 aromatic heterocycles. The fourth-order valence-electron chi connectivity index (χ4n) is 2.96. The van der Waals surface area contributed by atoms with Crippen LogP contribution in [0.4, 0.5) is 24.7 Å². The fraction of sp³-hybridized carbons (Fsp3) is 0.250. The molecular weight excluding hydrogens is 349 g/mol. The van der Waals surface area contributed by atoms with E-state index in [9.17, 15) is 18.0 Å². The Balaban J connectivity index is 1.58. The summed E-state index contributed by atoms with van der Waals surface area (Å²) in [5.74, 6) is 0.308. The molecule has 0 N–H and O–H groups in total. The first-order valence-corrected chi connectivity index (χ1v) is 7.80. The molecule has 4 heterocycles. The molecule has 7 nitrogen and oxygen atoms in total. The largest absolute Gasteiger partial charge is 0.433 e. The van der Waals surface area contributed by atoms with Crippen molar-refractivity contribution in [3.63, 3.8) is 0 Å². The van der Waals surface area contributed by atoms with Crippen LogP contribution in [0.3, 0.4) is 0 Å². The standard InChI is InChI=1S/C16H13F3N6O/c17-16(18,19)13-9-11(1-3-20-13)24-8-7-23(10-14(24)26)15-12-2-4-22-25(12)6-5-21-15/h1-6,9H,7-8,10H2. The lowest BCUT2D eigenvalue weighted by atomic mass is 10.2. The number of amides is 1. The van der Waals surface area contributed by atoms with Crippen LogP contribution in [-0.2, 0) is 11.0 Å². The minimum Gasteiger partial charge on any atom is -0.344 e. The second-order valence-corrected chi connectivity index (χ2v) is 5.78. The molecule has 4 rings (SSSR count). The lowest BCUT2D eigenvalue weighted by Crippen LogP contribution is -2.51. The van der Waals surface area contributed by atoms with E-state index in [1.165, 1.54) is 11.0 Å². The second-order valence-electron chi connectivity index (χ2n) is 5.78. The van der Waals surface area contributed by atoms with Crippen LogP contribution in [0.25, 0.3) is 5.52 Å². The smallest absolute Gasteiger partial charge is 0.344 e. The van der Waals surface area contributed by atoms with Gasteiger partial charge in [0.2, 0.25) is 5.91 Å². The van der Waals surface area contributed by atoms with Gasteiger partial charge in [-0.15, -0.1) is 0 Å². The maximum atomic E-state index is 12.8. The molecule has 1 amide bonds. The van der Waals surface area contributed by atoms with Gasteiger partial charge in [0.25, 0.3) is 0 Å². The van der Waals surface area contributed by atoms with Gasteiger partial charge in [-0.3, -0.25) is 9.78 Å². The minimum atomic E-state index is -4.55. The highest BCUT2D eigenvalue weighted by atomic mass is 19.4. The van der Waals surface area contributed by atoms with E-state index in [1.54, 1.807) is 34.1 Å². The fourth-order valence-corrected chi connectivity index (χ4v) is 2.96. The Bertz CT molecular complexity index is 970. The van der Waals surface area contributed by atoms with Gasteiger partial charge in [-0.05, 0) is 18.2 Å². The number of pyridine rings is 1. The average molecular weight is 362 g/mol. The highest BCUT2D eigenvalue weighted by Gasteiger charge is 2.34. The van der Waals surface area contributed by atoms with Crippen LogP contribution >= 0.6 is 0 Å². The monoisotopic (exact) mass is 362 g/mol. The summed E-state index contributed by atoms with van der Waals surface area (Å²) < 4.78 is 40.2. The third-order valence-corrected chi connectivity index (χ3v) is 4.17. The van der Waals surface area contributed by atoms with E-state index in [0.29, 0.717) is 12.4 Å². The molecule has 1 fully saturated rings. The van der Waals surface area contributed by atoms with Crippen molar-refractivity contribution < 1.29 is 18.0 Å². The van der Waals surface area contributed by atoms with Gasteiger partial charge in [0.05, 0.1) is 12.7 Å². The van der Waals surface area contributed by atoms with Crippen molar-refractivity contribution in [2.45, 2.75) is 6.18 Å². The summed E-state index contributed by atoms with van der Waals surface area (Å²) in [6.07, 6.45) is 1.43. The summed E-state index contributed by atoms with van der Waals surface area (Å²) in [4.78, 5) is 23.3.